The zero-order valence-electron chi connectivity index (χ0n) is 8.19. The lowest BCUT2D eigenvalue weighted by Gasteiger charge is -2.05. The van der Waals surface area contributed by atoms with Gasteiger partial charge in [-0.3, -0.25) is 14.9 Å². The van der Waals surface area contributed by atoms with E-state index >= 15 is 0 Å². The van der Waals surface area contributed by atoms with E-state index in [0.717, 1.165) is 5.56 Å². The third kappa shape index (κ3) is 2.94. The number of hydrogen-bond donors (Lipinski definition) is 2. The highest BCUT2D eigenvalue weighted by atomic mass is 16.6. The van der Waals surface area contributed by atoms with Gasteiger partial charge in [0.05, 0.1) is 11.5 Å². The maximum absolute atomic E-state index is 10.6. The van der Waals surface area contributed by atoms with Gasteiger partial charge in [0, 0.05) is 6.07 Å². The van der Waals surface area contributed by atoms with E-state index in [4.69, 9.17) is 5.73 Å². The summed E-state index contributed by atoms with van der Waals surface area (Å²) in [6.07, 6.45) is 0. The molecule has 80 valence electrons. The molecule has 1 aromatic carbocycles. The van der Waals surface area contributed by atoms with Crippen LogP contribution in [0.3, 0.4) is 0 Å². The fraction of sp³-hybridized carbons (Fsp3) is 0.222. The summed E-state index contributed by atoms with van der Waals surface area (Å²) in [7, 11) is 0. The summed E-state index contributed by atoms with van der Waals surface area (Å²) in [5, 5.41) is 13.2. The Morgan fingerprint density at radius 3 is 2.80 bits per heavy atom. The second-order valence-corrected chi connectivity index (χ2v) is 3.10. The monoisotopic (exact) mass is 209 g/mol. The van der Waals surface area contributed by atoms with Crippen LogP contribution in [-0.4, -0.2) is 17.4 Å². The van der Waals surface area contributed by atoms with Gasteiger partial charge >= 0.3 is 0 Å². The number of amides is 1. The van der Waals surface area contributed by atoms with Crippen molar-refractivity contribution in [1.82, 2.24) is 0 Å². The number of carbonyl (C=O) groups excluding carboxylic acids is 1. The number of rotatable bonds is 4. The third-order valence-corrected chi connectivity index (χ3v) is 1.80. The minimum absolute atomic E-state index is 0.0677. The Kier molecular flexibility index (Phi) is 3.22. The Morgan fingerprint density at radius 1 is 1.60 bits per heavy atom. The lowest BCUT2D eigenvalue weighted by molar-refractivity contribution is -0.384. The normalized spacial score (nSPS) is 9.67. The van der Waals surface area contributed by atoms with Crippen molar-refractivity contribution in [2.24, 2.45) is 5.73 Å². The molecule has 1 aromatic rings. The number of nitro groups is 1. The summed E-state index contributed by atoms with van der Waals surface area (Å²) < 4.78 is 0. The van der Waals surface area contributed by atoms with Crippen molar-refractivity contribution in [2.75, 3.05) is 11.9 Å². The molecule has 1 amide bonds. The van der Waals surface area contributed by atoms with Crippen molar-refractivity contribution >= 4 is 17.3 Å². The largest absolute Gasteiger partial charge is 0.371 e. The minimum Gasteiger partial charge on any atom is -0.371 e. The number of nitrogens with two attached hydrogens (primary N) is 1. The number of hydrogen-bond acceptors (Lipinski definition) is 4. The lowest BCUT2D eigenvalue weighted by atomic mass is 10.2. The van der Waals surface area contributed by atoms with Crippen molar-refractivity contribution in [3.8, 4) is 0 Å². The first-order valence-electron chi connectivity index (χ1n) is 4.28. The molecule has 0 aliphatic rings. The minimum atomic E-state index is -0.564. The highest BCUT2D eigenvalue weighted by Gasteiger charge is 2.13. The SMILES string of the molecule is Cc1ccc([N+](=O)[O-])c(NCC(N)=O)c1. The Hall–Kier alpha value is -2.11. The molecule has 0 fully saturated rings. The predicted molar refractivity (Wildman–Crippen MR) is 55.5 cm³/mol. The van der Waals surface area contributed by atoms with Crippen molar-refractivity contribution in [2.45, 2.75) is 6.92 Å². The summed E-state index contributed by atoms with van der Waals surface area (Å²) in [5.74, 6) is -0.564. The first-order valence-corrected chi connectivity index (χ1v) is 4.28. The van der Waals surface area contributed by atoms with Gasteiger partial charge in [0.1, 0.15) is 5.69 Å². The molecule has 0 aromatic heterocycles. The second-order valence-electron chi connectivity index (χ2n) is 3.10. The molecule has 0 unspecified atom stereocenters. The number of benzene rings is 1. The molecule has 0 atom stereocenters. The van der Waals surface area contributed by atoms with E-state index in [0.29, 0.717) is 5.69 Å². The number of carbonyl (C=O) groups is 1. The molecule has 0 aliphatic heterocycles. The van der Waals surface area contributed by atoms with E-state index in [2.05, 4.69) is 5.32 Å². The Morgan fingerprint density at radius 2 is 2.27 bits per heavy atom. The van der Waals surface area contributed by atoms with E-state index in [1.165, 1.54) is 6.07 Å². The molecule has 6 heteroatoms. The van der Waals surface area contributed by atoms with E-state index in [1.54, 1.807) is 19.1 Å². The van der Waals surface area contributed by atoms with E-state index in [9.17, 15) is 14.9 Å². The smallest absolute Gasteiger partial charge is 0.292 e. The molecule has 0 heterocycles. The number of anilines is 1. The Balaban J connectivity index is 2.96. The summed E-state index contributed by atoms with van der Waals surface area (Å²) in [6, 6.07) is 4.62. The molecule has 15 heavy (non-hydrogen) atoms. The van der Waals surface area contributed by atoms with Crippen LogP contribution in [0, 0.1) is 17.0 Å². The van der Waals surface area contributed by atoms with Gasteiger partial charge in [-0.1, -0.05) is 6.07 Å². The summed E-state index contributed by atoms with van der Waals surface area (Å²) >= 11 is 0. The third-order valence-electron chi connectivity index (χ3n) is 1.80. The van der Waals surface area contributed by atoms with Gasteiger partial charge in [0.15, 0.2) is 0 Å². The average molecular weight is 209 g/mol. The number of nitrogens with zero attached hydrogens (tertiary/aromatic N) is 1. The van der Waals surface area contributed by atoms with Gasteiger partial charge in [-0.25, -0.2) is 0 Å². The van der Waals surface area contributed by atoms with Gasteiger partial charge < -0.3 is 11.1 Å². The molecule has 0 spiro atoms. The van der Waals surface area contributed by atoms with Crippen LogP contribution in [0.4, 0.5) is 11.4 Å². The Bertz CT molecular complexity index is 404. The maximum atomic E-state index is 10.6. The van der Waals surface area contributed by atoms with Crippen LogP contribution < -0.4 is 11.1 Å². The summed E-state index contributed by atoms with van der Waals surface area (Å²) in [4.78, 5) is 20.6. The topological polar surface area (TPSA) is 98.3 Å². The van der Waals surface area contributed by atoms with Gasteiger partial charge in [0.2, 0.25) is 5.91 Å². The zero-order chi connectivity index (χ0) is 11.4. The maximum Gasteiger partial charge on any atom is 0.292 e. The fourth-order valence-electron chi connectivity index (χ4n) is 1.13. The molecule has 0 radical (unpaired) electrons. The van der Waals surface area contributed by atoms with Crippen LogP contribution in [-0.2, 0) is 4.79 Å². The van der Waals surface area contributed by atoms with Crippen LogP contribution in [0.15, 0.2) is 18.2 Å². The molecule has 0 saturated carbocycles. The Labute approximate surface area is 86.2 Å². The van der Waals surface area contributed by atoms with Crippen molar-refractivity contribution in [1.29, 1.82) is 0 Å². The quantitative estimate of drug-likeness (QED) is 0.566. The average Bonchev–Trinajstić information content (AvgIpc) is 2.14. The van der Waals surface area contributed by atoms with Gasteiger partial charge in [-0.15, -0.1) is 0 Å². The van der Waals surface area contributed by atoms with Crippen LogP contribution in [0.1, 0.15) is 5.56 Å². The van der Waals surface area contributed by atoms with Crippen LogP contribution in [0.5, 0.6) is 0 Å². The fourth-order valence-corrected chi connectivity index (χ4v) is 1.13. The summed E-state index contributed by atoms with van der Waals surface area (Å²) in [6.45, 7) is 1.68. The molecule has 0 bridgehead atoms. The highest BCUT2D eigenvalue weighted by Crippen LogP contribution is 2.24. The highest BCUT2D eigenvalue weighted by molar-refractivity contribution is 5.80. The first-order chi connectivity index (χ1) is 7.00. The number of primary amides is 1. The van der Waals surface area contributed by atoms with Crippen LogP contribution >= 0.6 is 0 Å². The molecule has 0 aliphatic carbocycles. The summed E-state index contributed by atoms with van der Waals surface area (Å²) in [5.41, 5.74) is 6.04. The molecular formula is C9H11N3O3. The van der Waals surface area contributed by atoms with Crippen LogP contribution in [0.2, 0.25) is 0 Å². The van der Waals surface area contributed by atoms with Gasteiger partial charge in [0.25, 0.3) is 5.69 Å². The number of nitrogens with one attached hydrogen (secondary N) is 1. The molecule has 3 N–H and O–H groups in total. The molecule has 6 nitrogen and oxygen atoms in total. The van der Waals surface area contributed by atoms with E-state index in [-0.39, 0.29) is 12.2 Å². The molecule has 1 rings (SSSR count). The van der Waals surface area contributed by atoms with E-state index in [1.807, 2.05) is 0 Å². The molecular weight excluding hydrogens is 198 g/mol. The zero-order valence-corrected chi connectivity index (χ0v) is 8.19. The van der Waals surface area contributed by atoms with Gasteiger partial charge in [-0.2, -0.15) is 0 Å². The van der Waals surface area contributed by atoms with Crippen molar-refractivity contribution in [3.05, 3.63) is 33.9 Å². The van der Waals surface area contributed by atoms with Crippen molar-refractivity contribution in [3.63, 3.8) is 0 Å². The predicted octanol–water partition coefficient (Wildman–Crippen LogP) is 0.800. The number of nitro benzene ring substituents is 1. The second kappa shape index (κ2) is 4.41. The number of aryl methyl sites for hydroxylation is 1. The first kappa shape index (κ1) is 11.0. The van der Waals surface area contributed by atoms with Crippen LogP contribution in [0.25, 0.3) is 0 Å². The molecule has 0 saturated heterocycles. The van der Waals surface area contributed by atoms with Crippen molar-refractivity contribution < 1.29 is 9.72 Å². The standard InChI is InChI=1S/C9H11N3O3/c1-6-2-3-8(12(14)15)7(4-6)11-5-9(10)13/h2-4,11H,5H2,1H3,(H2,10,13). The van der Waals surface area contributed by atoms with Gasteiger partial charge in [-0.05, 0) is 18.6 Å². The van der Waals surface area contributed by atoms with E-state index < -0.39 is 10.8 Å². The lowest BCUT2D eigenvalue weighted by Crippen LogP contribution is -2.22.